The summed E-state index contributed by atoms with van der Waals surface area (Å²) in [6, 6.07) is 4.27. The van der Waals surface area contributed by atoms with Crippen LogP contribution in [0.15, 0.2) is 23.1 Å². The zero-order valence-electron chi connectivity index (χ0n) is 13.3. The molecule has 1 heterocycles. The standard InChI is InChI=1S/C15H21NO6S/c1-3-8-22-15(17)12-4-5-13(20-2)14(11-12)23(18,19)16-6-9-21-10-7-16/h4-5,11H,3,6-10H2,1-2H3. The molecule has 0 atom stereocenters. The molecule has 0 aliphatic carbocycles. The Morgan fingerprint density at radius 2 is 2.00 bits per heavy atom. The summed E-state index contributed by atoms with van der Waals surface area (Å²) >= 11 is 0. The number of hydrogen-bond acceptors (Lipinski definition) is 6. The Kier molecular flexibility index (Phi) is 5.97. The van der Waals surface area contributed by atoms with Crippen molar-refractivity contribution in [2.45, 2.75) is 18.2 Å². The van der Waals surface area contributed by atoms with Gasteiger partial charge in [0.25, 0.3) is 0 Å². The van der Waals surface area contributed by atoms with Crippen molar-refractivity contribution in [3.63, 3.8) is 0 Å². The minimum atomic E-state index is -3.76. The zero-order valence-corrected chi connectivity index (χ0v) is 14.1. The van der Waals surface area contributed by atoms with Crippen LogP contribution < -0.4 is 4.74 Å². The molecule has 1 aliphatic heterocycles. The summed E-state index contributed by atoms with van der Waals surface area (Å²) in [4.78, 5) is 11.9. The molecule has 1 saturated heterocycles. The van der Waals surface area contributed by atoms with Gasteiger partial charge in [0.1, 0.15) is 10.6 Å². The molecule has 128 valence electrons. The Balaban J connectivity index is 2.36. The second kappa shape index (κ2) is 7.76. The largest absolute Gasteiger partial charge is 0.495 e. The number of hydrogen-bond donors (Lipinski definition) is 0. The minimum Gasteiger partial charge on any atom is -0.495 e. The van der Waals surface area contributed by atoms with Crippen molar-refractivity contribution in [3.8, 4) is 5.75 Å². The molecular formula is C15H21NO6S. The summed E-state index contributed by atoms with van der Waals surface area (Å²) in [6.45, 7) is 3.41. The van der Waals surface area contributed by atoms with E-state index in [1.165, 1.54) is 29.6 Å². The van der Waals surface area contributed by atoms with Gasteiger partial charge in [-0.25, -0.2) is 13.2 Å². The van der Waals surface area contributed by atoms with E-state index in [-0.39, 0.29) is 35.9 Å². The number of carbonyl (C=O) groups is 1. The number of sulfonamides is 1. The van der Waals surface area contributed by atoms with Crippen molar-refractivity contribution >= 4 is 16.0 Å². The first kappa shape index (κ1) is 17.7. The third kappa shape index (κ3) is 4.01. The van der Waals surface area contributed by atoms with Crippen LogP contribution in [0.3, 0.4) is 0 Å². The van der Waals surface area contributed by atoms with E-state index in [0.717, 1.165) is 0 Å². The first-order chi connectivity index (χ1) is 11.0. The number of morpholine rings is 1. The Morgan fingerprint density at radius 1 is 1.30 bits per heavy atom. The average Bonchev–Trinajstić information content (AvgIpc) is 2.59. The van der Waals surface area contributed by atoms with E-state index >= 15 is 0 Å². The van der Waals surface area contributed by atoms with Gasteiger partial charge in [-0.1, -0.05) is 6.92 Å². The van der Waals surface area contributed by atoms with E-state index in [0.29, 0.717) is 19.6 Å². The predicted octanol–water partition coefficient (Wildman–Crippen LogP) is 1.28. The number of rotatable bonds is 6. The molecule has 0 N–H and O–H groups in total. The van der Waals surface area contributed by atoms with E-state index in [1.807, 2.05) is 6.92 Å². The van der Waals surface area contributed by atoms with Gasteiger partial charge < -0.3 is 14.2 Å². The lowest BCUT2D eigenvalue weighted by molar-refractivity contribution is 0.0504. The highest BCUT2D eigenvalue weighted by molar-refractivity contribution is 7.89. The highest BCUT2D eigenvalue weighted by atomic mass is 32.2. The van der Waals surface area contributed by atoms with Crippen LogP contribution in [0.2, 0.25) is 0 Å². The van der Waals surface area contributed by atoms with Crippen molar-refractivity contribution in [1.29, 1.82) is 0 Å². The highest BCUT2D eigenvalue weighted by Gasteiger charge is 2.30. The van der Waals surface area contributed by atoms with Crippen molar-refractivity contribution < 1.29 is 27.4 Å². The summed E-state index contributed by atoms with van der Waals surface area (Å²) < 4.78 is 42.3. The third-order valence-corrected chi connectivity index (χ3v) is 5.34. The smallest absolute Gasteiger partial charge is 0.338 e. The van der Waals surface area contributed by atoms with Gasteiger partial charge in [0, 0.05) is 13.1 Å². The van der Waals surface area contributed by atoms with Crippen molar-refractivity contribution in [2.75, 3.05) is 40.0 Å². The van der Waals surface area contributed by atoms with E-state index in [9.17, 15) is 13.2 Å². The normalized spacial score (nSPS) is 16.1. The molecule has 0 saturated carbocycles. The van der Waals surface area contributed by atoms with Gasteiger partial charge in [-0.2, -0.15) is 4.31 Å². The van der Waals surface area contributed by atoms with Crippen LogP contribution in [0, 0.1) is 0 Å². The first-order valence-electron chi connectivity index (χ1n) is 7.43. The minimum absolute atomic E-state index is 0.0344. The Labute approximate surface area is 136 Å². The summed E-state index contributed by atoms with van der Waals surface area (Å²) in [5.74, 6) is -0.350. The molecule has 1 aliphatic rings. The van der Waals surface area contributed by atoms with Gasteiger partial charge in [-0.3, -0.25) is 0 Å². The highest BCUT2D eigenvalue weighted by Crippen LogP contribution is 2.28. The maximum absolute atomic E-state index is 12.8. The molecular weight excluding hydrogens is 322 g/mol. The number of esters is 1. The molecule has 2 rings (SSSR count). The molecule has 0 spiro atoms. The molecule has 0 amide bonds. The Bertz CT molecular complexity index is 652. The van der Waals surface area contributed by atoms with Gasteiger partial charge in [0.2, 0.25) is 10.0 Å². The van der Waals surface area contributed by atoms with Gasteiger partial charge in [0.05, 0.1) is 32.5 Å². The van der Waals surface area contributed by atoms with E-state index < -0.39 is 16.0 Å². The van der Waals surface area contributed by atoms with Crippen molar-refractivity contribution in [2.24, 2.45) is 0 Å². The molecule has 0 radical (unpaired) electrons. The third-order valence-electron chi connectivity index (χ3n) is 3.42. The van der Waals surface area contributed by atoms with Crippen molar-refractivity contribution in [1.82, 2.24) is 4.31 Å². The fraction of sp³-hybridized carbons (Fsp3) is 0.533. The Hall–Kier alpha value is -1.64. The van der Waals surface area contributed by atoms with Crippen LogP contribution in [-0.4, -0.2) is 58.7 Å². The lowest BCUT2D eigenvalue weighted by atomic mass is 10.2. The van der Waals surface area contributed by atoms with Crippen LogP contribution in [0.4, 0.5) is 0 Å². The summed E-state index contributed by atoms with van der Waals surface area (Å²) in [5.41, 5.74) is 0.186. The molecule has 1 aromatic rings. The van der Waals surface area contributed by atoms with Crippen LogP contribution in [0.5, 0.6) is 5.75 Å². The lowest BCUT2D eigenvalue weighted by Gasteiger charge is -2.26. The quantitative estimate of drug-likeness (QED) is 0.724. The fourth-order valence-electron chi connectivity index (χ4n) is 2.21. The van der Waals surface area contributed by atoms with Crippen LogP contribution >= 0.6 is 0 Å². The lowest BCUT2D eigenvalue weighted by Crippen LogP contribution is -2.40. The van der Waals surface area contributed by atoms with Crippen LogP contribution in [-0.2, 0) is 19.5 Å². The molecule has 7 nitrogen and oxygen atoms in total. The van der Waals surface area contributed by atoms with Crippen LogP contribution in [0.25, 0.3) is 0 Å². The van der Waals surface area contributed by atoms with Crippen LogP contribution in [0.1, 0.15) is 23.7 Å². The summed E-state index contributed by atoms with van der Waals surface area (Å²) in [6.07, 6.45) is 0.695. The van der Waals surface area contributed by atoms with Gasteiger partial charge in [-0.05, 0) is 24.6 Å². The Morgan fingerprint density at radius 3 is 2.61 bits per heavy atom. The maximum atomic E-state index is 12.8. The summed E-state index contributed by atoms with van der Waals surface area (Å²) in [7, 11) is -2.37. The molecule has 23 heavy (non-hydrogen) atoms. The number of carbonyl (C=O) groups excluding carboxylic acids is 1. The second-order valence-electron chi connectivity index (χ2n) is 5.02. The molecule has 8 heteroatoms. The number of methoxy groups -OCH3 is 1. The first-order valence-corrected chi connectivity index (χ1v) is 8.87. The molecule has 0 bridgehead atoms. The SMILES string of the molecule is CCCOC(=O)c1ccc(OC)c(S(=O)(=O)N2CCOCC2)c1. The van der Waals surface area contributed by atoms with E-state index in [2.05, 4.69) is 0 Å². The molecule has 0 aromatic heterocycles. The maximum Gasteiger partial charge on any atom is 0.338 e. The number of benzene rings is 1. The second-order valence-corrected chi connectivity index (χ2v) is 6.92. The van der Waals surface area contributed by atoms with E-state index in [4.69, 9.17) is 14.2 Å². The number of ether oxygens (including phenoxy) is 3. The fourth-order valence-corrected chi connectivity index (χ4v) is 3.80. The number of nitrogens with zero attached hydrogens (tertiary/aromatic N) is 1. The van der Waals surface area contributed by atoms with Gasteiger partial charge in [0.15, 0.2) is 0 Å². The van der Waals surface area contributed by atoms with Crippen molar-refractivity contribution in [3.05, 3.63) is 23.8 Å². The molecule has 1 aromatic carbocycles. The zero-order chi connectivity index (χ0) is 16.9. The topological polar surface area (TPSA) is 82.1 Å². The van der Waals surface area contributed by atoms with Gasteiger partial charge >= 0.3 is 5.97 Å². The summed E-state index contributed by atoms with van der Waals surface area (Å²) in [5, 5.41) is 0. The van der Waals surface area contributed by atoms with Gasteiger partial charge in [-0.15, -0.1) is 0 Å². The average molecular weight is 343 g/mol. The molecule has 0 unspecified atom stereocenters. The predicted molar refractivity (Wildman–Crippen MR) is 83.1 cm³/mol. The van der Waals surface area contributed by atoms with E-state index in [1.54, 1.807) is 0 Å². The molecule has 1 fully saturated rings. The monoisotopic (exact) mass is 343 g/mol.